The van der Waals surface area contributed by atoms with E-state index >= 15 is 0 Å². The van der Waals surface area contributed by atoms with Gasteiger partial charge in [0.05, 0.1) is 18.3 Å². The predicted molar refractivity (Wildman–Crippen MR) is 124 cm³/mol. The molecular weight excluding hydrogens is 418 g/mol. The van der Waals surface area contributed by atoms with E-state index in [-0.39, 0.29) is 18.6 Å². The number of carbonyl (C=O) groups excluding carboxylic acids is 1. The molecule has 4 rings (SSSR count). The maximum Gasteiger partial charge on any atom is 0.255 e. The van der Waals surface area contributed by atoms with E-state index in [0.29, 0.717) is 23.7 Å². The molecular formula is C24H27N7O2. The molecule has 0 saturated heterocycles. The Morgan fingerprint density at radius 1 is 1.09 bits per heavy atom. The fraction of sp³-hybridized carbons (Fsp3) is 0.292. The summed E-state index contributed by atoms with van der Waals surface area (Å²) in [4.78, 5) is 12.8. The van der Waals surface area contributed by atoms with Gasteiger partial charge in [0.15, 0.2) is 5.82 Å². The highest BCUT2D eigenvalue weighted by atomic mass is 16.5. The third-order valence-corrected chi connectivity index (χ3v) is 5.13. The molecule has 2 aromatic heterocycles. The Labute approximate surface area is 192 Å². The third-order valence-electron chi connectivity index (χ3n) is 5.13. The molecule has 2 heterocycles. The number of carbonyl (C=O) groups is 1. The van der Waals surface area contributed by atoms with Crippen LogP contribution in [0.3, 0.4) is 0 Å². The van der Waals surface area contributed by atoms with Crippen LogP contribution in [0, 0.1) is 13.8 Å². The van der Waals surface area contributed by atoms with Crippen LogP contribution in [0.4, 0.5) is 5.69 Å². The summed E-state index contributed by atoms with van der Waals surface area (Å²) in [6.45, 7) is 8.86. The lowest BCUT2D eigenvalue weighted by molar-refractivity contribution is 0.102. The van der Waals surface area contributed by atoms with E-state index in [2.05, 4.69) is 25.9 Å². The van der Waals surface area contributed by atoms with E-state index in [0.717, 1.165) is 22.6 Å². The monoisotopic (exact) mass is 445 g/mol. The molecule has 9 heteroatoms. The minimum atomic E-state index is -0.212. The first-order valence-corrected chi connectivity index (χ1v) is 10.8. The number of hydrogen-bond acceptors (Lipinski definition) is 6. The summed E-state index contributed by atoms with van der Waals surface area (Å²) in [7, 11) is 0. The highest BCUT2D eigenvalue weighted by Crippen LogP contribution is 2.18. The molecule has 0 atom stereocenters. The summed E-state index contributed by atoms with van der Waals surface area (Å²) in [5.74, 6) is 0.981. The lowest BCUT2D eigenvalue weighted by Gasteiger charge is -2.11. The fourth-order valence-corrected chi connectivity index (χ4v) is 3.54. The molecule has 0 aliphatic heterocycles. The highest BCUT2D eigenvalue weighted by Gasteiger charge is 2.12. The normalized spacial score (nSPS) is 11.1. The SMILES string of the molecule is Cc1cc(C)n(Cc2cccc(NC(=O)c3cccc(OCc4nnnn4C(C)C)c3)c2)n1. The molecule has 170 valence electrons. The van der Waals surface area contributed by atoms with Gasteiger partial charge < -0.3 is 10.1 Å². The minimum Gasteiger partial charge on any atom is -0.486 e. The largest absolute Gasteiger partial charge is 0.486 e. The van der Waals surface area contributed by atoms with Crippen molar-refractivity contribution in [2.24, 2.45) is 0 Å². The number of aromatic nitrogens is 6. The van der Waals surface area contributed by atoms with Crippen molar-refractivity contribution < 1.29 is 9.53 Å². The minimum absolute atomic E-state index is 0.132. The summed E-state index contributed by atoms with van der Waals surface area (Å²) >= 11 is 0. The van der Waals surface area contributed by atoms with Crippen LogP contribution in [0.1, 0.15) is 53.0 Å². The first-order chi connectivity index (χ1) is 15.9. The molecule has 4 aromatic rings. The van der Waals surface area contributed by atoms with E-state index in [1.54, 1.807) is 28.9 Å². The standard InChI is InChI=1S/C24H27N7O2/c1-16(2)31-23(26-28-29-31)15-33-22-10-6-8-20(13-22)24(32)25-21-9-5-7-19(12-21)14-30-18(4)11-17(3)27-30/h5-13,16H,14-15H2,1-4H3,(H,25,32). The van der Waals surface area contributed by atoms with Gasteiger partial charge in [0, 0.05) is 16.9 Å². The summed E-state index contributed by atoms with van der Waals surface area (Å²) in [5.41, 5.74) is 4.36. The summed E-state index contributed by atoms with van der Waals surface area (Å²) in [6.07, 6.45) is 0. The van der Waals surface area contributed by atoms with Crippen molar-refractivity contribution in [3.8, 4) is 5.75 Å². The summed E-state index contributed by atoms with van der Waals surface area (Å²) < 4.78 is 9.48. The molecule has 0 saturated carbocycles. The molecule has 0 aliphatic carbocycles. The van der Waals surface area contributed by atoms with E-state index < -0.39 is 0 Å². The van der Waals surface area contributed by atoms with Crippen molar-refractivity contribution >= 4 is 11.6 Å². The topological polar surface area (TPSA) is 99.8 Å². The molecule has 33 heavy (non-hydrogen) atoms. The summed E-state index contributed by atoms with van der Waals surface area (Å²) in [6, 6.07) is 17.0. The fourth-order valence-electron chi connectivity index (χ4n) is 3.54. The quantitative estimate of drug-likeness (QED) is 0.441. The van der Waals surface area contributed by atoms with Gasteiger partial charge >= 0.3 is 0 Å². The molecule has 9 nitrogen and oxygen atoms in total. The number of ether oxygens (including phenoxy) is 1. The predicted octanol–water partition coefficient (Wildman–Crippen LogP) is 3.95. The Hall–Kier alpha value is -4.01. The van der Waals surface area contributed by atoms with Gasteiger partial charge in [-0.1, -0.05) is 18.2 Å². The van der Waals surface area contributed by atoms with Crippen LogP contribution in [-0.2, 0) is 13.2 Å². The zero-order valence-corrected chi connectivity index (χ0v) is 19.2. The zero-order valence-electron chi connectivity index (χ0n) is 19.2. The lowest BCUT2D eigenvalue weighted by atomic mass is 10.1. The van der Waals surface area contributed by atoms with E-state index in [9.17, 15) is 4.79 Å². The van der Waals surface area contributed by atoms with Crippen molar-refractivity contribution in [2.75, 3.05) is 5.32 Å². The first kappa shape index (κ1) is 22.2. The Morgan fingerprint density at radius 3 is 2.67 bits per heavy atom. The van der Waals surface area contributed by atoms with Gasteiger partial charge in [-0.15, -0.1) is 5.10 Å². The second kappa shape index (κ2) is 9.64. The van der Waals surface area contributed by atoms with Gasteiger partial charge in [-0.2, -0.15) is 5.10 Å². The van der Waals surface area contributed by atoms with Gasteiger partial charge in [0.2, 0.25) is 0 Å². The van der Waals surface area contributed by atoms with Crippen LogP contribution < -0.4 is 10.1 Å². The maximum absolute atomic E-state index is 12.8. The van der Waals surface area contributed by atoms with Gasteiger partial charge in [-0.05, 0) is 80.1 Å². The van der Waals surface area contributed by atoms with Crippen LogP contribution in [0.15, 0.2) is 54.6 Å². The second-order valence-electron chi connectivity index (χ2n) is 8.19. The molecule has 0 bridgehead atoms. The number of rotatable bonds is 8. The molecule has 0 radical (unpaired) electrons. The van der Waals surface area contributed by atoms with Crippen LogP contribution in [0.2, 0.25) is 0 Å². The van der Waals surface area contributed by atoms with Crippen LogP contribution in [-0.4, -0.2) is 35.9 Å². The Morgan fingerprint density at radius 2 is 1.91 bits per heavy atom. The number of benzene rings is 2. The van der Waals surface area contributed by atoms with Crippen molar-refractivity contribution in [1.82, 2.24) is 30.0 Å². The van der Waals surface area contributed by atoms with Gasteiger partial charge in [0.1, 0.15) is 12.4 Å². The number of anilines is 1. The van der Waals surface area contributed by atoms with Crippen LogP contribution in [0.5, 0.6) is 5.75 Å². The molecule has 0 fully saturated rings. The highest BCUT2D eigenvalue weighted by molar-refractivity contribution is 6.04. The lowest BCUT2D eigenvalue weighted by Crippen LogP contribution is -2.13. The van der Waals surface area contributed by atoms with E-state index in [1.807, 2.05) is 62.7 Å². The van der Waals surface area contributed by atoms with Crippen molar-refractivity contribution in [1.29, 1.82) is 0 Å². The van der Waals surface area contributed by atoms with E-state index in [4.69, 9.17) is 4.74 Å². The number of tetrazole rings is 1. The van der Waals surface area contributed by atoms with Crippen LogP contribution in [0.25, 0.3) is 0 Å². The third kappa shape index (κ3) is 5.43. The summed E-state index contributed by atoms with van der Waals surface area (Å²) in [5, 5.41) is 19.1. The average molecular weight is 446 g/mol. The zero-order chi connectivity index (χ0) is 23.4. The molecule has 0 aliphatic rings. The first-order valence-electron chi connectivity index (χ1n) is 10.8. The number of nitrogens with zero attached hydrogens (tertiary/aromatic N) is 6. The number of amides is 1. The number of aryl methyl sites for hydroxylation is 2. The van der Waals surface area contributed by atoms with Crippen LogP contribution >= 0.6 is 0 Å². The molecule has 2 aromatic carbocycles. The van der Waals surface area contributed by atoms with E-state index in [1.165, 1.54) is 0 Å². The molecule has 1 N–H and O–H groups in total. The second-order valence-corrected chi connectivity index (χ2v) is 8.19. The number of hydrogen-bond donors (Lipinski definition) is 1. The van der Waals surface area contributed by atoms with Gasteiger partial charge in [0.25, 0.3) is 5.91 Å². The maximum atomic E-state index is 12.8. The van der Waals surface area contributed by atoms with Crippen molar-refractivity contribution in [3.63, 3.8) is 0 Å². The molecule has 0 unspecified atom stereocenters. The molecule has 0 spiro atoms. The molecule has 1 amide bonds. The number of nitrogens with one attached hydrogen (secondary N) is 1. The van der Waals surface area contributed by atoms with Crippen molar-refractivity contribution in [3.05, 3.63) is 82.9 Å². The van der Waals surface area contributed by atoms with Gasteiger partial charge in [-0.3, -0.25) is 9.48 Å². The smallest absolute Gasteiger partial charge is 0.255 e. The van der Waals surface area contributed by atoms with Gasteiger partial charge in [-0.25, -0.2) is 4.68 Å². The van der Waals surface area contributed by atoms with Crippen molar-refractivity contribution in [2.45, 2.75) is 46.9 Å². The average Bonchev–Trinajstić information content (AvgIpc) is 3.38. The Kier molecular flexibility index (Phi) is 6.48. The Bertz CT molecular complexity index is 1260. The Balaban J connectivity index is 1.41.